The van der Waals surface area contributed by atoms with Crippen molar-refractivity contribution in [3.05, 3.63) is 41.7 Å². The molecule has 1 aliphatic rings. The normalized spacial score (nSPS) is 23.8. The van der Waals surface area contributed by atoms with E-state index in [4.69, 9.17) is 10.6 Å². The van der Waals surface area contributed by atoms with Crippen molar-refractivity contribution in [3.63, 3.8) is 0 Å². The van der Waals surface area contributed by atoms with Gasteiger partial charge in [-0.25, -0.2) is 5.84 Å². The molecule has 5 N–H and O–H groups in total. The molecule has 0 spiro atoms. The quantitative estimate of drug-likeness (QED) is 0.262. The Hall–Kier alpha value is -1.97. The van der Waals surface area contributed by atoms with Gasteiger partial charge in [-0.05, 0) is 51.2 Å². The number of benzene rings is 1. The molecule has 1 fully saturated rings. The van der Waals surface area contributed by atoms with Gasteiger partial charge in [0.1, 0.15) is 5.75 Å². The van der Waals surface area contributed by atoms with Crippen molar-refractivity contribution >= 4 is 6.72 Å². The number of nitrogens with zero attached hydrogens (tertiary/aromatic N) is 3. The first-order valence-electron chi connectivity index (χ1n) is 9.95. The lowest BCUT2D eigenvalue weighted by molar-refractivity contribution is -0.173. The Morgan fingerprint density at radius 1 is 1.38 bits per heavy atom. The number of aliphatic hydroxyl groups is 2. The minimum absolute atomic E-state index is 0.0310. The van der Waals surface area contributed by atoms with Crippen molar-refractivity contribution in [2.45, 2.75) is 57.1 Å². The first-order chi connectivity index (χ1) is 13.8. The summed E-state index contributed by atoms with van der Waals surface area (Å²) in [6.07, 6.45) is 3.66. The lowest BCUT2D eigenvalue weighted by Gasteiger charge is -2.36. The highest BCUT2D eigenvalue weighted by molar-refractivity contribution is 5.29. The number of phenolic OH excluding ortho intramolecular Hbond substituents is 1. The molecule has 1 aliphatic heterocycles. The molecule has 0 bridgehead atoms. The molecule has 0 amide bonds. The molecule has 0 aliphatic carbocycles. The Labute approximate surface area is 172 Å². The van der Waals surface area contributed by atoms with Gasteiger partial charge in [-0.2, -0.15) is 0 Å². The number of nitrogens with two attached hydrogens (primary N) is 1. The second kappa shape index (κ2) is 11.3. The van der Waals surface area contributed by atoms with Crippen molar-refractivity contribution < 1.29 is 20.1 Å². The summed E-state index contributed by atoms with van der Waals surface area (Å²) < 4.78 is 5.39. The maximum Gasteiger partial charge on any atom is 0.156 e. The van der Waals surface area contributed by atoms with Crippen molar-refractivity contribution in [2.75, 3.05) is 20.2 Å². The zero-order valence-corrected chi connectivity index (χ0v) is 17.3. The molecule has 29 heavy (non-hydrogen) atoms. The Kier molecular flexibility index (Phi) is 9.06. The Balaban J connectivity index is 1.92. The van der Waals surface area contributed by atoms with Crippen molar-refractivity contribution in [3.8, 4) is 5.75 Å². The molecule has 0 radical (unpaired) electrons. The third-order valence-corrected chi connectivity index (χ3v) is 5.35. The molecule has 1 aromatic carbocycles. The summed E-state index contributed by atoms with van der Waals surface area (Å²) in [7, 11) is 2.03. The van der Waals surface area contributed by atoms with Gasteiger partial charge in [-0.1, -0.05) is 12.1 Å². The Bertz CT molecular complexity index is 657. The van der Waals surface area contributed by atoms with Gasteiger partial charge in [0, 0.05) is 31.6 Å². The standard InChI is InChI=1S/C21H34N4O4/c1-15-10-18(12-21(28)29-15)24(3)9-8-17(23-2)13-25(22)19(14-26)11-16-4-6-20(27)7-5-16/h4-7,13,15,18-19,21,26-28H,2,8-12,14,22H2,1,3H3/b17-13-/t15-,18+,19+,21-/m1/s1. The predicted molar refractivity (Wildman–Crippen MR) is 113 cm³/mol. The summed E-state index contributed by atoms with van der Waals surface area (Å²) >= 11 is 0. The van der Waals surface area contributed by atoms with E-state index in [0.717, 1.165) is 24.2 Å². The highest BCUT2D eigenvalue weighted by Crippen LogP contribution is 2.22. The fourth-order valence-corrected chi connectivity index (χ4v) is 3.56. The predicted octanol–water partition coefficient (Wildman–Crippen LogP) is 1.22. The minimum Gasteiger partial charge on any atom is -0.508 e. The minimum atomic E-state index is -0.719. The zero-order chi connectivity index (χ0) is 21.4. The SMILES string of the molecule is C=N/C(=C\N(N)[C@H](CO)Cc1ccc(O)cc1)CCN(C)[C@H]1C[C@@H](C)O[C@@H](O)C1. The van der Waals surface area contributed by atoms with Crippen LogP contribution in [0.4, 0.5) is 0 Å². The Morgan fingerprint density at radius 3 is 2.66 bits per heavy atom. The molecule has 1 heterocycles. The summed E-state index contributed by atoms with van der Waals surface area (Å²) in [5, 5.41) is 30.4. The Morgan fingerprint density at radius 2 is 2.07 bits per heavy atom. The molecule has 1 saturated heterocycles. The monoisotopic (exact) mass is 406 g/mol. The van der Waals surface area contributed by atoms with E-state index in [1.165, 1.54) is 5.01 Å². The topological polar surface area (TPSA) is 115 Å². The van der Waals surface area contributed by atoms with Crippen LogP contribution in [-0.4, -0.2) is 76.6 Å². The average molecular weight is 407 g/mol. The molecule has 0 unspecified atom stereocenters. The molecule has 0 saturated carbocycles. The first-order valence-corrected chi connectivity index (χ1v) is 9.95. The van der Waals surface area contributed by atoms with Gasteiger partial charge < -0.3 is 30.0 Å². The van der Waals surface area contributed by atoms with Crippen molar-refractivity contribution in [1.29, 1.82) is 0 Å². The van der Waals surface area contributed by atoms with E-state index in [2.05, 4.69) is 16.6 Å². The number of ether oxygens (including phenoxy) is 1. The van der Waals surface area contributed by atoms with Gasteiger partial charge in [-0.3, -0.25) is 4.99 Å². The van der Waals surface area contributed by atoms with E-state index in [-0.39, 0.29) is 30.5 Å². The van der Waals surface area contributed by atoms with Crippen LogP contribution in [0.25, 0.3) is 0 Å². The maximum absolute atomic E-state index is 9.82. The number of hydrogen-bond acceptors (Lipinski definition) is 8. The largest absolute Gasteiger partial charge is 0.508 e. The van der Waals surface area contributed by atoms with Crippen LogP contribution >= 0.6 is 0 Å². The second-order valence-electron chi connectivity index (χ2n) is 7.69. The van der Waals surface area contributed by atoms with E-state index >= 15 is 0 Å². The fourth-order valence-electron chi connectivity index (χ4n) is 3.56. The van der Waals surface area contributed by atoms with Gasteiger partial charge in [0.05, 0.1) is 24.4 Å². The lowest BCUT2D eigenvalue weighted by atomic mass is 10.0. The summed E-state index contributed by atoms with van der Waals surface area (Å²) in [6.45, 7) is 6.23. The summed E-state index contributed by atoms with van der Waals surface area (Å²) in [6, 6.07) is 6.76. The molecular weight excluding hydrogens is 372 g/mol. The van der Waals surface area contributed by atoms with Gasteiger partial charge >= 0.3 is 0 Å². The number of rotatable bonds is 10. The van der Waals surface area contributed by atoms with Crippen LogP contribution in [0.2, 0.25) is 0 Å². The van der Waals surface area contributed by atoms with E-state index in [9.17, 15) is 15.3 Å². The highest BCUT2D eigenvalue weighted by atomic mass is 16.6. The number of aromatic hydroxyl groups is 1. The third-order valence-electron chi connectivity index (χ3n) is 5.35. The van der Waals surface area contributed by atoms with Crippen molar-refractivity contribution in [2.24, 2.45) is 10.8 Å². The van der Waals surface area contributed by atoms with Crippen LogP contribution in [0, 0.1) is 0 Å². The van der Waals surface area contributed by atoms with Gasteiger partial charge in [-0.15, -0.1) is 0 Å². The molecule has 0 aromatic heterocycles. The summed E-state index contributed by atoms with van der Waals surface area (Å²) in [5.74, 6) is 6.37. The molecule has 4 atom stereocenters. The second-order valence-corrected chi connectivity index (χ2v) is 7.69. The zero-order valence-electron chi connectivity index (χ0n) is 17.3. The van der Waals surface area contributed by atoms with Crippen LogP contribution in [0.15, 0.2) is 41.2 Å². The molecule has 2 rings (SSSR count). The number of hydrogen-bond donors (Lipinski definition) is 4. The molecular formula is C21H34N4O4. The van der Waals surface area contributed by atoms with Gasteiger partial charge in [0.2, 0.25) is 0 Å². The number of phenols is 1. The fraction of sp³-hybridized carbons (Fsp3) is 0.571. The highest BCUT2D eigenvalue weighted by Gasteiger charge is 2.28. The maximum atomic E-state index is 9.82. The van der Waals surface area contributed by atoms with Crippen molar-refractivity contribution in [1.82, 2.24) is 9.91 Å². The van der Waals surface area contributed by atoms with E-state index < -0.39 is 6.29 Å². The first kappa shape index (κ1) is 23.3. The molecule has 8 nitrogen and oxygen atoms in total. The van der Waals surface area contributed by atoms with Crippen LogP contribution in [-0.2, 0) is 11.2 Å². The van der Waals surface area contributed by atoms with E-state index in [0.29, 0.717) is 19.3 Å². The van der Waals surface area contributed by atoms with Gasteiger partial charge in [0.15, 0.2) is 6.29 Å². The van der Waals surface area contributed by atoms with E-state index in [1.807, 2.05) is 14.0 Å². The molecule has 162 valence electrons. The number of hydrazine groups is 1. The number of aliphatic hydroxyl groups excluding tert-OH is 2. The van der Waals surface area contributed by atoms with Crippen LogP contribution < -0.4 is 5.84 Å². The lowest BCUT2D eigenvalue weighted by Crippen LogP contribution is -2.43. The average Bonchev–Trinajstić information content (AvgIpc) is 2.69. The smallest absolute Gasteiger partial charge is 0.156 e. The summed E-state index contributed by atoms with van der Waals surface area (Å²) in [4.78, 5) is 6.28. The van der Waals surface area contributed by atoms with E-state index in [1.54, 1.807) is 30.5 Å². The van der Waals surface area contributed by atoms with Crippen LogP contribution in [0.1, 0.15) is 31.7 Å². The van der Waals surface area contributed by atoms with Crippen LogP contribution in [0.3, 0.4) is 0 Å². The van der Waals surface area contributed by atoms with Crippen LogP contribution in [0.5, 0.6) is 5.75 Å². The number of aliphatic imine (C=N–C) groups is 1. The van der Waals surface area contributed by atoms with Gasteiger partial charge in [0.25, 0.3) is 0 Å². The molecule has 1 aromatic rings. The third kappa shape index (κ3) is 7.41. The molecule has 8 heteroatoms. The summed E-state index contributed by atoms with van der Waals surface area (Å²) in [5.41, 5.74) is 1.69.